The Bertz CT molecular complexity index is 20.9. The molecule has 0 aliphatic rings. The molecule has 0 unspecified atom stereocenters. The summed E-state index contributed by atoms with van der Waals surface area (Å²) in [6.45, 7) is 1.76. The Hall–Kier alpha value is 0.865. The van der Waals surface area contributed by atoms with Gasteiger partial charge in [-0.3, -0.25) is 6.29 Å². The van der Waals surface area contributed by atoms with E-state index >= 15 is 0 Å². The van der Waals surface area contributed by atoms with Crippen molar-refractivity contribution in [1.82, 2.24) is 0 Å². The zero-order valence-corrected chi connectivity index (χ0v) is 6.82. The van der Waals surface area contributed by atoms with Gasteiger partial charge in [-0.1, -0.05) is 6.92 Å². The standard InChI is InChI=1S/C3H5O.La/c1-2-3-4;/h2H2,1H3;/q-1;. The normalized spacial score (nSPS) is 5.00. The second-order valence-electron chi connectivity index (χ2n) is 0.498. The van der Waals surface area contributed by atoms with Crippen molar-refractivity contribution in [3.8, 4) is 0 Å². The number of carbonyl (C=O) groups excluding carboxylic acids is 1. The van der Waals surface area contributed by atoms with Crippen molar-refractivity contribution in [2.24, 2.45) is 0 Å². The number of hydrogen-bond acceptors (Lipinski definition) is 1. The van der Waals surface area contributed by atoms with Crippen LogP contribution in [0.4, 0.5) is 0 Å². The van der Waals surface area contributed by atoms with Gasteiger partial charge in [-0.2, -0.15) is 6.42 Å². The summed E-state index contributed by atoms with van der Waals surface area (Å²) < 4.78 is 0. The minimum atomic E-state index is 0. The molecule has 0 amide bonds. The molecule has 0 atom stereocenters. The molecule has 0 rings (SSSR count). The van der Waals surface area contributed by atoms with Gasteiger partial charge in [0, 0.05) is 35.6 Å². The molecule has 0 aromatic carbocycles. The van der Waals surface area contributed by atoms with Gasteiger partial charge in [-0.25, -0.2) is 0 Å². The van der Waals surface area contributed by atoms with Gasteiger partial charge in [0.2, 0.25) is 0 Å². The molecule has 1 radical (unpaired) electrons. The first kappa shape index (κ1) is 9.29. The Labute approximate surface area is 59.7 Å². The van der Waals surface area contributed by atoms with Gasteiger partial charge in [0.1, 0.15) is 0 Å². The van der Waals surface area contributed by atoms with Crippen LogP contribution in [0.15, 0.2) is 0 Å². The van der Waals surface area contributed by atoms with Gasteiger partial charge >= 0.3 is 0 Å². The van der Waals surface area contributed by atoms with Gasteiger partial charge < -0.3 is 4.79 Å². The predicted octanol–water partition coefficient (Wildman–Crippen LogP) is 0.506. The molecule has 0 aliphatic carbocycles. The molecule has 0 aliphatic heterocycles. The molecule has 0 spiro atoms. The third-order valence-electron chi connectivity index (χ3n) is 0.144. The summed E-state index contributed by atoms with van der Waals surface area (Å²) in [5.74, 6) is 0. The summed E-state index contributed by atoms with van der Waals surface area (Å²) in [4.78, 5) is 9.05. The largest absolute Gasteiger partial charge is 0.542 e. The smallest absolute Gasteiger partial charge is 0 e. The van der Waals surface area contributed by atoms with Crippen LogP contribution in [0.3, 0.4) is 0 Å². The Morgan fingerprint density at radius 3 is 2.00 bits per heavy atom. The zero-order valence-electron chi connectivity index (χ0n) is 3.19. The molecule has 27 valence electrons. The molecule has 0 aromatic rings. The molecular weight excluding hydrogens is 191 g/mol. The van der Waals surface area contributed by atoms with Gasteiger partial charge in [0.25, 0.3) is 0 Å². The molecule has 5 heavy (non-hydrogen) atoms. The maximum atomic E-state index is 9.05. The Morgan fingerprint density at radius 1 is 1.80 bits per heavy atom. The van der Waals surface area contributed by atoms with E-state index in [-0.39, 0.29) is 35.6 Å². The molecule has 0 saturated heterocycles. The Morgan fingerprint density at radius 2 is 2.00 bits per heavy atom. The monoisotopic (exact) mass is 196 g/mol. The fourth-order valence-corrected chi connectivity index (χ4v) is 0. The first-order valence-electron chi connectivity index (χ1n) is 1.26. The fraction of sp³-hybridized carbons (Fsp3) is 0.667. The van der Waals surface area contributed by atoms with Crippen LogP contribution in [-0.4, -0.2) is 6.29 Å². The molecule has 0 saturated carbocycles. The van der Waals surface area contributed by atoms with Gasteiger partial charge in [0.05, 0.1) is 0 Å². The van der Waals surface area contributed by atoms with Crippen molar-refractivity contribution in [3.05, 3.63) is 0 Å². The van der Waals surface area contributed by atoms with Crippen LogP contribution in [0.2, 0.25) is 0 Å². The predicted molar refractivity (Wildman–Crippen MR) is 16.0 cm³/mol. The van der Waals surface area contributed by atoms with Crippen LogP contribution in [0, 0.1) is 35.6 Å². The third kappa shape index (κ3) is 11.5. The quantitative estimate of drug-likeness (QED) is 0.558. The van der Waals surface area contributed by atoms with Crippen molar-refractivity contribution < 1.29 is 40.4 Å². The Kier molecular flexibility index (Phi) is 16.5. The van der Waals surface area contributed by atoms with E-state index in [4.69, 9.17) is 4.79 Å². The van der Waals surface area contributed by atoms with E-state index in [0.29, 0.717) is 6.42 Å². The van der Waals surface area contributed by atoms with Crippen LogP contribution in [0.5, 0.6) is 0 Å². The van der Waals surface area contributed by atoms with E-state index in [0.717, 1.165) is 0 Å². The van der Waals surface area contributed by atoms with E-state index in [9.17, 15) is 0 Å². The molecular formula is C3H5LaO-. The average molecular weight is 196 g/mol. The summed E-state index contributed by atoms with van der Waals surface area (Å²) in [6, 6.07) is 0. The first-order valence-corrected chi connectivity index (χ1v) is 1.26. The maximum Gasteiger partial charge on any atom is 0 e. The topological polar surface area (TPSA) is 17.1 Å². The third-order valence-corrected chi connectivity index (χ3v) is 0.144. The molecule has 0 aromatic heterocycles. The van der Waals surface area contributed by atoms with E-state index < -0.39 is 0 Å². The molecule has 1 nitrogen and oxygen atoms in total. The van der Waals surface area contributed by atoms with Crippen molar-refractivity contribution in [1.29, 1.82) is 0 Å². The van der Waals surface area contributed by atoms with E-state index in [1.165, 1.54) is 0 Å². The summed E-state index contributed by atoms with van der Waals surface area (Å²) in [6.07, 6.45) is 2.19. The van der Waals surface area contributed by atoms with Crippen molar-refractivity contribution in [3.63, 3.8) is 0 Å². The van der Waals surface area contributed by atoms with E-state index in [1.807, 2.05) is 0 Å². The maximum absolute atomic E-state index is 9.05. The van der Waals surface area contributed by atoms with Crippen LogP contribution in [-0.2, 0) is 4.79 Å². The SMILES string of the molecule is CC[C-]=O.[La]. The molecule has 0 heterocycles. The second kappa shape index (κ2) is 8.85. The number of hydrogen-bond donors (Lipinski definition) is 0. The van der Waals surface area contributed by atoms with Crippen molar-refractivity contribution in [2.75, 3.05) is 0 Å². The summed E-state index contributed by atoms with van der Waals surface area (Å²) in [5.41, 5.74) is 0. The van der Waals surface area contributed by atoms with Gasteiger partial charge in [-0.15, -0.1) is 0 Å². The van der Waals surface area contributed by atoms with Crippen molar-refractivity contribution >= 4 is 6.29 Å². The molecule has 2 heteroatoms. The van der Waals surface area contributed by atoms with Gasteiger partial charge in [-0.05, 0) is 0 Å². The van der Waals surface area contributed by atoms with Gasteiger partial charge in [0.15, 0.2) is 0 Å². The van der Waals surface area contributed by atoms with E-state index in [1.54, 1.807) is 13.2 Å². The second-order valence-corrected chi connectivity index (χ2v) is 0.498. The van der Waals surface area contributed by atoms with E-state index in [2.05, 4.69) is 0 Å². The molecule has 0 fully saturated rings. The summed E-state index contributed by atoms with van der Waals surface area (Å²) in [5, 5.41) is 0. The minimum Gasteiger partial charge on any atom is -0.542 e. The fourth-order valence-electron chi connectivity index (χ4n) is 0. The number of rotatable bonds is 1. The van der Waals surface area contributed by atoms with Crippen molar-refractivity contribution in [2.45, 2.75) is 13.3 Å². The van der Waals surface area contributed by atoms with Crippen LogP contribution >= 0.6 is 0 Å². The summed E-state index contributed by atoms with van der Waals surface area (Å²) >= 11 is 0. The van der Waals surface area contributed by atoms with Crippen LogP contribution in [0.1, 0.15) is 13.3 Å². The Balaban J connectivity index is 0. The zero-order chi connectivity index (χ0) is 3.41. The first-order chi connectivity index (χ1) is 1.91. The minimum absolute atomic E-state index is 0. The molecule has 0 bridgehead atoms. The average Bonchev–Trinajstić information content (AvgIpc) is 1.37. The molecule has 0 N–H and O–H groups in total. The van der Waals surface area contributed by atoms with Crippen LogP contribution < -0.4 is 0 Å². The summed E-state index contributed by atoms with van der Waals surface area (Å²) in [7, 11) is 0. The van der Waals surface area contributed by atoms with Crippen LogP contribution in [0.25, 0.3) is 0 Å².